The Bertz CT molecular complexity index is 702. The molecule has 1 heterocycles. The van der Waals surface area contributed by atoms with Gasteiger partial charge in [-0.1, -0.05) is 0 Å². The van der Waals surface area contributed by atoms with Crippen molar-refractivity contribution in [2.24, 2.45) is 11.7 Å². The van der Waals surface area contributed by atoms with Crippen LogP contribution in [0.4, 0.5) is 0 Å². The average molecular weight is 394 g/mol. The molecule has 0 aliphatic carbocycles. The number of benzene rings is 1. The predicted molar refractivity (Wildman–Crippen MR) is 99.4 cm³/mol. The predicted octanol–water partition coefficient (Wildman–Crippen LogP) is 0.949. The molecule has 2 rings (SSSR count). The summed E-state index contributed by atoms with van der Waals surface area (Å²) in [5.41, 5.74) is 5.66. The molecule has 1 atom stereocenters. The number of hydrogen-bond acceptors (Lipinski definition) is 6. The molecule has 154 valence electrons. The highest BCUT2D eigenvalue weighted by Gasteiger charge is 2.27. The van der Waals surface area contributed by atoms with Crippen LogP contribution in [-0.2, 0) is 14.3 Å². The van der Waals surface area contributed by atoms with Crippen LogP contribution in [0, 0.1) is 5.92 Å². The molecule has 1 aliphatic heterocycles. The van der Waals surface area contributed by atoms with Gasteiger partial charge in [-0.15, -0.1) is 0 Å². The first-order valence-electron chi connectivity index (χ1n) is 9.19. The average Bonchev–Trinajstić information content (AvgIpc) is 2.67. The van der Waals surface area contributed by atoms with Gasteiger partial charge in [-0.2, -0.15) is 0 Å². The number of primary amides is 1. The van der Waals surface area contributed by atoms with Crippen molar-refractivity contribution in [3.8, 4) is 11.5 Å². The Hall–Kier alpha value is -2.81. The Balaban J connectivity index is 2.14. The molecule has 4 N–H and O–H groups in total. The van der Waals surface area contributed by atoms with Gasteiger partial charge in [0.25, 0.3) is 5.91 Å². The highest BCUT2D eigenvalue weighted by Crippen LogP contribution is 2.29. The van der Waals surface area contributed by atoms with Gasteiger partial charge in [-0.3, -0.25) is 9.59 Å². The Kier molecular flexibility index (Phi) is 8.06. The van der Waals surface area contributed by atoms with Gasteiger partial charge in [0.1, 0.15) is 0 Å². The van der Waals surface area contributed by atoms with E-state index < -0.39 is 18.5 Å². The second-order valence-corrected chi connectivity index (χ2v) is 6.48. The summed E-state index contributed by atoms with van der Waals surface area (Å²) >= 11 is 0. The van der Waals surface area contributed by atoms with Crippen molar-refractivity contribution in [2.45, 2.75) is 32.2 Å². The fraction of sp³-hybridized carbons (Fsp3) is 0.526. The lowest BCUT2D eigenvalue weighted by molar-refractivity contribution is -0.139. The number of carboxylic acid groups (broad SMARTS) is 1. The summed E-state index contributed by atoms with van der Waals surface area (Å²) in [5.74, 6) is -1.36. The molecule has 0 saturated carbocycles. The molecule has 1 aliphatic rings. The molecule has 1 unspecified atom stereocenters. The minimum absolute atomic E-state index is 0.0501. The van der Waals surface area contributed by atoms with E-state index in [4.69, 9.17) is 25.1 Å². The van der Waals surface area contributed by atoms with Gasteiger partial charge < -0.3 is 30.4 Å². The summed E-state index contributed by atoms with van der Waals surface area (Å²) in [7, 11) is 0. The van der Waals surface area contributed by atoms with Crippen LogP contribution in [0.15, 0.2) is 18.2 Å². The normalized spacial score (nSPS) is 15.5. The molecule has 1 aromatic rings. The first-order valence-corrected chi connectivity index (χ1v) is 9.19. The fourth-order valence-corrected chi connectivity index (χ4v) is 3.10. The number of nitrogens with one attached hydrogen (secondary N) is 1. The topological polar surface area (TPSA) is 137 Å². The first kappa shape index (κ1) is 21.5. The first-order chi connectivity index (χ1) is 13.4. The van der Waals surface area contributed by atoms with Crippen LogP contribution in [0.1, 0.15) is 36.5 Å². The molecule has 0 radical (unpaired) electrons. The van der Waals surface area contributed by atoms with Crippen molar-refractivity contribution >= 4 is 17.8 Å². The zero-order valence-electron chi connectivity index (χ0n) is 15.8. The number of nitrogens with two attached hydrogens (primary N) is 1. The number of hydrogen-bond donors (Lipinski definition) is 3. The molecule has 1 fully saturated rings. The zero-order chi connectivity index (χ0) is 20.5. The monoisotopic (exact) mass is 394 g/mol. The molecule has 0 bridgehead atoms. The maximum atomic E-state index is 12.7. The molecule has 2 amide bonds. The minimum Gasteiger partial charge on any atom is -0.490 e. The van der Waals surface area contributed by atoms with Crippen molar-refractivity contribution in [3.05, 3.63) is 23.8 Å². The van der Waals surface area contributed by atoms with Crippen LogP contribution in [0.5, 0.6) is 11.5 Å². The molecular formula is C19H26N2O7. The highest BCUT2D eigenvalue weighted by molar-refractivity contribution is 5.95. The van der Waals surface area contributed by atoms with Crippen LogP contribution in [0.25, 0.3) is 0 Å². The van der Waals surface area contributed by atoms with E-state index in [-0.39, 0.29) is 35.8 Å². The third-order valence-corrected chi connectivity index (χ3v) is 4.43. The number of carboxylic acids is 1. The molecule has 0 spiro atoms. The number of amides is 2. The lowest BCUT2D eigenvalue weighted by atomic mass is 9.89. The Morgan fingerprint density at radius 2 is 1.96 bits per heavy atom. The Morgan fingerprint density at radius 3 is 2.57 bits per heavy atom. The van der Waals surface area contributed by atoms with Gasteiger partial charge in [0.05, 0.1) is 6.61 Å². The molecule has 0 aromatic heterocycles. The fourth-order valence-electron chi connectivity index (χ4n) is 3.10. The zero-order valence-corrected chi connectivity index (χ0v) is 15.8. The third kappa shape index (κ3) is 6.41. The summed E-state index contributed by atoms with van der Waals surface area (Å²) in [4.78, 5) is 34.9. The summed E-state index contributed by atoms with van der Waals surface area (Å²) in [6.07, 6.45) is 1.53. The lowest BCUT2D eigenvalue weighted by Crippen LogP contribution is -2.44. The second-order valence-electron chi connectivity index (χ2n) is 6.48. The lowest BCUT2D eigenvalue weighted by Gasteiger charge is -2.30. The maximum absolute atomic E-state index is 12.7. The number of carbonyl (C=O) groups excluding carboxylic acids is 2. The quantitative estimate of drug-likeness (QED) is 0.537. The third-order valence-electron chi connectivity index (χ3n) is 4.43. The number of carbonyl (C=O) groups is 3. The van der Waals surface area contributed by atoms with Crippen LogP contribution in [0.3, 0.4) is 0 Å². The van der Waals surface area contributed by atoms with Crippen molar-refractivity contribution in [1.82, 2.24) is 5.32 Å². The summed E-state index contributed by atoms with van der Waals surface area (Å²) in [6, 6.07) is 4.11. The van der Waals surface area contributed by atoms with E-state index in [9.17, 15) is 14.4 Å². The van der Waals surface area contributed by atoms with E-state index in [2.05, 4.69) is 5.32 Å². The number of rotatable bonds is 10. The van der Waals surface area contributed by atoms with Gasteiger partial charge in [-0.05, 0) is 43.9 Å². The van der Waals surface area contributed by atoms with E-state index in [1.807, 2.05) is 0 Å². The number of aliphatic carboxylic acids is 1. The second kappa shape index (κ2) is 10.5. The maximum Gasteiger partial charge on any atom is 0.341 e. The van der Waals surface area contributed by atoms with Gasteiger partial charge in [0, 0.05) is 31.2 Å². The van der Waals surface area contributed by atoms with E-state index in [1.165, 1.54) is 18.2 Å². The molecule has 9 nitrogen and oxygen atoms in total. The molecule has 1 saturated heterocycles. The largest absolute Gasteiger partial charge is 0.490 e. The van der Waals surface area contributed by atoms with E-state index in [0.29, 0.717) is 25.4 Å². The summed E-state index contributed by atoms with van der Waals surface area (Å²) in [6.45, 7) is 2.73. The van der Waals surface area contributed by atoms with Crippen LogP contribution in [-0.4, -0.2) is 55.4 Å². The van der Waals surface area contributed by atoms with Crippen LogP contribution >= 0.6 is 0 Å². The van der Waals surface area contributed by atoms with E-state index >= 15 is 0 Å². The smallest absolute Gasteiger partial charge is 0.341 e. The molecular weight excluding hydrogens is 368 g/mol. The standard InChI is InChI=1S/C19H26N2O7/c1-2-27-16-9-13(3-4-15(16)28-11-18(23)24)19(25)21-14(10-17(20)22)12-5-7-26-8-6-12/h3-4,9,12,14H,2,5-8,10-11H2,1H3,(H2,20,22)(H,21,25)(H,23,24). The van der Waals surface area contributed by atoms with E-state index in [1.54, 1.807) is 6.92 Å². The highest BCUT2D eigenvalue weighted by atomic mass is 16.5. The molecule has 9 heteroatoms. The van der Waals surface area contributed by atoms with Gasteiger partial charge in [0.2, 0.25) is 5.91 Å². The van der Waals surface area contributed by atoms with Crippen LogP contribution < -0.4 is 20.5 Å². The SMILES string of the molecule is CCOc1cc(C(=O)NC(CC(N)=O)C2CCOCC2)ccc1OCC(=O)O. The van der Waals surface area contributed by atoms with Crippen LogP contribution in [0.2, 0.25) is 0 Å². The van der Waals surface area contributed by atoms with Gasteiger partial charge in [0.15, 0.2) is 18.1 Å². The summed E-state index contributed by atoms with van der Waals surface area (Å²) < 4.78 is 16.0. The van der Waals surface area contributed by atoms with Gasteiger partial charge in [-0.25, -0.2) is 4.79 Å². The summed E-state index contributed by atoms with van der Waals surface area (Å²) in [5, 5.41) is 11.6. The van der Waals surface area contributed by atoms with Crippen molar-refractivity contribution in [2.75, 3.05) is 26.4 Å². The van der Waals surface area contributed by atoms with Crippen molar-refractivity contribution < 1.29 is 33.7 Å². The van der Waals surface area contributed by atoms with E-state index in [0.717, 1.165) is 12.8 Å². The minimum atomic E-state index is -1.12. The molecule has 1 aromatic carbocycles. The Labute approximate surface area is 163 Å². The Morgan fingerprint density at radius 1 is 1.25 bits per heavy atom. The number of ether oxygens (including phenoxy) is 3. The van der Waals surface area contributed by atoms with Crippen molar-refractivity contribution in [3.63, 3.8) is 0 Å². The molecule has 28 heavy (non-hydrogen) atoms. The van der Waals surface area contributed by atoms with Gasteiger partial charge >= 0.3 is 5.97 Å². The van der Waals surface area contributed by atoms with Crippen molar-refractivity contribution in [1.29, 1.82) is 0 Å².